The van der Waals surface area contributed by atoms with E-state index in [9.17, 15) is 35.1 Å². The number of ether oxygens (including phenoxy) is 3. The molecular formula is C78H149NO10. The van der Waals surface area contributed by atoms with Gasteiger partial charge >= 0.3 is 5.97 Å². The quantitative estimate of drug-likeness (QED) is 0.0195. The second kappa shape index (κ2) is 67.6. The zero-order valence-corrected chi connectivity index (χ0v) is 58.7. The van der Waals surface area contributed by atoms with Crippen molar-refractivity contribution in [2.75, 3.05) is 19.8 Å². The zero-order chi connectivity index (χ0) is 64.4. The largest absolute Gasteiger partial charge is 0.466 e. The van der Waals surface area contributed by atoms with Gasteiger partial charge in [-0.05, 0) is 57.8 Å². The molecule has 1 aliphatic heterocycles. The van der Waals surface area contributed by atoms with E-state index in [4.69, 9.17) is 14.2 Å². The van der Waals surface area contributed by atoms with Gasteiger partial charge in [0.05, 0.1) is 32.0 Å². The topological polar surface area (TPSA) is 175 Å². The molecule has 89 heavy (non-hydrogen) atoms. The molecule has 11 nitrogen and oxygen atoms in total. The van der Waals surface area contributed by atoms with Crippen molar-refractivity contribution in [1.82, 2.24) is 5.32 Å². The molecule has 1 heterocycles. The van der Waals surface area contributed by atoms with Gasteiger partial charge in [-0.3, -0.25) is 9.59 Å². The fraction of sp³-hybridized carbons (Fsp3) is 0.923. The number of carbonyl (C=O) groups is 2. The highest BCUT2D eigenvalue weighted by Crippen LogP contribution is 2.24. The monoisotopic (exact) mass is 1260 g/mol. The lowest BCUT2D eigenvalue weighted by Crippen LogP contribution is -2.60. The minimum atomic E-state index is -1.57. The van der Waals surface area contributed by atoms with Crippen LogP contribution in [0.5, 0.6) is 0 Å². The van der Waals surface area contributed by atoms with Gasteiger partial charge < -0.3 is 45.1 Å². The van der Waals surface area contributed by atoms with Gasteiger partial charge in [-0.2, -0.15) is 0 Å². The summed E-state index contributed by atoms with van der Waals surface area (Å²) in [5, 5.41) is 54.6. The number of aliphatic hydroxyl groups excluding tert-OH is 5. The lowest BCUT2D eigenvalue weighted by molar-refractivity contribution is -0.302. The van der Waals surface area contributed by atoms with Gasteiger partial charge in [0.1, 0.15) is 24.4 Å². The van der Waals surface area contributed by atoms with Gasteiger partial charge in [-0.1, -0.05) is 353 Å². The Hall–Kier alpha value is -1.86. The molecule has 0 spiro atoms. The van der Waals surface area contributed by atoms with Crippen LogP contribution in [0.1, 0.15) is 399 Å². The lowest BCUT2D eigenvalue weighted by Gasteiger charge is -2.40. The standard InChI is InChI=1S/C78H149NO10/c1-3-5-7-9-11-13-15-41-45-48-52-56-60-64-71(81)70(69-88-78-77(86)76(85)75(84)72(68-80)89-78)79-73(82)65-61-57-53-49-46-42-39-37-35-33-31-29-27-25-23-21-19-17-16-18-20-22-24-26-28-30-32-34-36-38-40-43-47-51-55-59-63-67-87-74(83)66-62-58-54-50-44-14-12-10-8-6-4-2/h16,18,60,64,70-72,75-78,80-81,84-86H,3-15,17,19-59,61-63,65-69H2,1-2H3,(H,79,82)/b18-16-,64-60+. The molecule has 7 atom stereocenters. The Morgan fingerprint density at radius 1 is 0.404 bits per heavy atom. The van der Waals surface area contributed by atoms with Crippen molar-refractivity contribution in [3.05, 3.63) is 24.3 Å². The molecule has 6 N–H and O–H groups in total. The summed E-state index contributed by atoms with van der Waals surface area (Å²) in [5.41, 5.74) is 0. The third-order valence-electron chi connectivity index (χ3n) is 18.8. The number of rotatable bonds is 70. The number of hydrogen-bond acceptors (Lipinski definition) is 10. The summed E-state index contributed by atoms with van der Waals surface area (Å²) in [6.07, 6.45) is 76.3. The maximum absolute atomic E-state index is 13.1. The van der Waals surface area contributed by atoms with E-state index in [2.05, 4.69) is 31.3 Å². The van der Waals surface area contributed by atoms with Crippen LogP contribution in [0.15, 0.2) is 24.3 Å². The smallest absolute Gasteiger partial charge is 0.305 e. The van der Waals surface area contributed by atoms with E-state index in [1.807, 2.05) is 6.08 Å². The molecule has 7 unspecified atom stereocenters. The van der Waals surface area contributed by atoms with E-state index in [0.717, 1.165) is 51.4 Å². The van der Waals surface area contributed by atoms with Crippen molar-refractivity contribution in [2.45, 2.75) is 442 Å². The van der Waals surface area contributed by atoms with Gasteiger partial charge in [-0.25, -0.2) is 0 Å². The average Bonchev–Trinajstić information content (AvgIpc) is 2.53. The van der Waals surface area contributed by atoms with Crippen LogP contribution in [0.3, 0.4) is 0 Å². The first-order valence-electron chi connectivity index (χ1n) is 39.1. The zero-order valence-electron chi connectivity index (χ0n) is 58.7. The van der Waals surface area contributed by atoms with Crippen LogP contribution in [0.4, 0.5) is 0 Å². The normalized spacial score (nSPS) is 17.8. The Morgan fingerprint density at radius 2 is 0.719 bits per heavy atom. The average molecular weight is 1260 g/mol. The molecule has 0 bridgehead atoms. The highest BCUT2D eigenvalue weighted by Gasteiger charge is 2.44. The summed E-state index contributed by atoms with van der Waals surface area (Å²) < 4.78 is 16.8. The van der Waals surface area contributed by atoms with Gasteiger partial charge in [0.25, 0.3) is 0 Å². The van der Waals surface area contributed by atoms with Crippen LogP contribution >= 0.6 is 0 Å². The maximum Gasteiger partial charge on any atom is 0.305 e. The predicted molar refractivity (Wildman–Crippen MR) is 375 cm³/mol. The van der Waals surface area contributed by atoms with Crippen molar-refractivity contribution >= 4 is 11.9 Å². The van der Waals surface area contributed by atoms with Crippen LogP contribution in [-0.2, 0) is 23.8 Å². The SMILES string of the molecule is CCCCCCCCCCCCC/C=C/C(O)C(COC1OC(CO)C(O)C(O)C1O)NC(=O)CCCCCCCCCCCCCCCCCCC/C=C\CCCCCCCCCCCCCCCCCCOC(=O)CCCCCCCCCCCCC. The molecular weight excluding hydrogens is 1110 g/mol. The highest BCUT2D eigenvalue weighted by molar-refractivity contribution is 5.76. The highest BCUT2D eigenvalue weighted by atomic mass is 16.7. The molecule has 11 heteroatoms. The van der Waals surface area contributed by atoms with Crippen LogP contribution in [0.25, 0.3) is 0 Å². The van der Waals surface area contributed by atoms with Gasteiger partial charge in [-0.15, -0.1) is 0 Å². The molecule has 1 amide bonds. The van der Waals surface area contributed by atoms with Crippen LogP contribution < -0.4 is 5.32 Å². The van der Waals surface area contributed by atoms with Crippen LogP contribution in [-0.4, -0.2) is 100 Å². The Balaban J connectivity index is 1.91. The molecule has 0 aromatic rings. The minimum absolute atomic E-state index is 0.0157. The molecule has 0 aromatic carbocycles. The third kappa shape index (κ3) is 56.2. The number of amides is 1. The second-order valence-electron chi connectivity index (χ2n) is 27.4. The summed E-state index contributed by atoms with van der Waals surface area (Å²) in [5.74, 6) is -0.159. The number of allylic oxidation sites excluding steroid dienone is 3. The molecule has 0 radical (unpaired) electrons. The van der Waals surface area contributed by atoms with Crippen LogP contribution in [0, 0.1) is 0 Å². The summed E-state index contributed by atoms with van der Waals surface area (Å²) in [6, 6.07) is -0.806. The van der Waals surface area contributed by atoms with Gasteiger partial charge in [0, 0.05) is 12.8 Å². The number of aliphatic hydroxyl groups is 5. The van der Waals surface area contributed by atoms with Crippen molar-refractivity contribution in [3.8, 4) is 0 Å². The third-order valence-corrected chi connectivity index (χ3v) is 18.8. The number of esters is 1. The molecule has 0 aliphatic carbocycles. The Morgan fingerprint density at radius 3 is 1.08 bits per heavy atom. The van der Waals surface area contributed by atoms with E-state index < -0.39 is 49.5 Å². The molecule has 1 rings (SSSR count). The van der Waals surface area contributed by atoms with E-state index >= 15 is 0 Å². The summed E-state index contributed by atoms with van der Waals surface area (Å²) >= 11 is 0. The van der Waals surface area contributed by atoms with Gasteiger partial charge in [0.15, 0.2) is 6.29 Å². The molecule has 0 saturated carbocycles. The fourth-order valence-electron chi connectivity index (χ4n) is 12.7. The summed E-state index contributed by atoms with van der Waals surface area (Å²) in [7, 11) is 0. The van der Waals surface area contributed by atoms with Crippen molar-refractivity contribution in [2.24, 2.45) is 0 Å². The van der Waals surface area contributed by atoms with Crippen molar-refractivity contribution in [1.29, 1.82) is 0 Å². The van der Waals surface area contributed by atoms with Gasteiger partial charge in [0.2, 0.25) is 5.91 Å². The van der Waals surface area contributed by atoms with E-state index in [-0.39, 0.29) is 18.5 Å². The first-order valence-corrected chi connectivity index (χ1v) is 39.1. The number of carbonyl (C=O) groups excluding carboxylic acids is 2. The van der Waals surface area contributed by atoms with Crippen molar-refractivity contribution < 1.29 is 49.3 Å². The molecule has 526 valence electrons. The maximum atomic E-state index is 13.1. The predicted octanol–water partition coefficient (Wildman–Crippen LogP) is 20.8. The lowest BCUT2D eigenvalue weighted by atomic mass is 9.99. The Bertz CT molecular complexity index is 1530. The molecule has 1 aliphatic rings. The summed E-state index contributed by atoms with van der Waals surface area (Å²) in [4.78, 5) is 25.1. The van der Waals surface area contributed by atoms with Crippen LogP contribution in [0.2, 0.25) is 0 Å². The Kier molecular flexibility index (Phi) is 64.6. The second-order valence-corrected chi connectivity index (χ2v) is 27.4. The number of hydrogen-bond donors (Lipinski definition) is 6. The first kappa shape index (κ1) is 85.2. The number of nitrogens with one attached hydrogen (secondary N) is 1. The fourth-order valence-corrected chi connectivity index (χ4v) is 12.7. The minimum Gasteiger partial charge on any atom is -0.466 e. The number of unbranched alkanes of at least 4 members (excludes halogenated alkanes) is 54. The molecule has 0 aromatic heterocycles. The molecule has 1 fully saturated rings. The first-order chi connectivity index (χ1) is 43.7. The summed E-state index contributed by atoms with van der Waals surface area (Å²) in [6.45, 7) is 4.39. The van der Waals surface area contributed by atoms with E-state index in [1.165, 1.54) is 321 Å². The Labute approximate surface area is 550 Å². The van der Waals surface area contributed by atoms with E-state index in [0.29, 0.717) is 19.4 Å². The van der Waals surface area contributed by atoms with E-state index in [1.54, 1.807) is 6.08 Å². The van der Waals surface area contributed by atoms with Crippen molar-refractivity contribution in [3.63, 3.8) is 0 Å². The molecule has 1 saturated heterocycles.